The minimum absolute atomic E-state index is 0.0307. The van der Waals surface area contributed by atoms with E-state index in [2.05, 4.69) is 0 Å². The van der Waals surface area contributed by atoms with Crippen molar-refractivity contribution in [2.45, 2.75) is 6.92 Å². The van der Waals surface area contributed by atoms with E-state index in [0.29, 0.717) is 16.7 Å². The van der Waals surface area contributed by atoms with Gasteiger partial charge in [-0.2, -0.15) is 0 Å². The van der Waals surface area contributed by atoms with Gasteiger partial charge in [-0.1, -0.05) is 30.3 Å². The first-order chi connectivity index (χ1) is 10.1. The van der Waals surface area contributed by atoms with E-state index in [0.717, 1.165) is 10.9 Å². The van der Waals surface area contributed by atoms with Crippen molar-refractivity contribution in [2.24, 2.45) is 0 Å². The SMILES string of the molecule is Cc1ccc(C(=O)[O-])cc1-c1cc2ccccc2oc1=O. The van der Waals surface area contributed by atoms with Crippen molar-refractivity contribution in [2.75, 3.05) is 0 Å². The number of carboxylic acids is 1. The van der Waals surface area contributed by atoms with Gasteiger partial charge in [-0.3, -0.25) is 0 Å². The first kappa shape index (κ1) is 13.1. The van der Waals surface area contributed by atoms with Crippen LogP contribution in [-0.4, -0.2) is 5.97 Å². The third-order valence-corrected chi connectivity index (χ3v) is 3.40. The number of rotatable bonds is 2. The standard InChI is InChI=1S/C17H12O4/c1-10-6-7-12(16(18)19)9-13(10)14-8-11-4-2-3-5-15(11)21-17(14)20/h2-9H,1H3,(H,18,19)/p-1. The summed E-state index contributed by atoms with van der Waals surface area (Å²) in [6.07, 6.45) is 0. The Bertz CT molecular complexity index is 906. The predicted molar refractivity (Wildman–Crippen MR) is 77.0 cm³/mol. The highest BCUT2D eigenvalue weighted by Gasteiger charge is 2.11. The van der Waals surface area contributed by atoms with E-state index in [9.17, 15) is 14.7 Å². The fraction of sp³-hybridized carbons (Fsp3) is 0.0588. The Balaban J connectivity index is 2.29. The first-order valence-electron chi connectivity index (χ1n) is 6.41. The van der Waals surface area contributed by atoms with Crippen LogP contribution in [0.4, 0.5) is 0 Å². The third-order valence-electron chi connectivity index (χ3n) is 3.40. The second-order valence-corrected chi connectivity index (χ2v) is 4.80. The Hall–Kier alpha value is -2.88. The fourth-order valence-electron chi connectivity index (χ4n) is 2.29. The Morgan fingerprint density at radius 2 is 1.81 bits per heavy atom. The lowest BCUT2D eigenvalue weighted by Gasteiger charge is -2.09. The Morgan fingerprint density at radius 1 is 1.05 bits per heavy atom. The van der Waals surface area contributed by atoms with Crippen LogP contribution in [-0.2, 0) is 0 Å². The van der Waals surface area contributed by atoms with Gasteiger partial charge in [0.15, 0.2) is 0 Å². The summed E-state index contributed by atoms with van der Waals surface area (Å²) in [5, 5.41) is 11.8. The van der Waals surface area contributed by atoms with Crippen LogP contribution in [0.15, 0.2) is 57.7 Å². The number of hydrogen-bond donors (Lipinski definition) is 0. The first-order valence-corrected chi connectivity index (χ1v) is 6.41. The van der Waals surface area contributed by atoms with E-state index in [1.165, 1.54) is 12.1 Å². The number of carbonyl (C=O) groups excluding carboxylic acids is 1. The summed E-state index contributed by atoms with van der Waals surface area (Å²) in [6.45, 7) is 1.81. The van der Waals surface area contributed by atoms with E-state index in [-0.39, 0.29) is 5.56 Å². The molecular formula is C17H11O4-. The van der Waals surface area contributed by atoms with Crippen molar-refractivity contribution in [1.82, 2.24) is 0 Å². The maximum Gasteiger partial charge on any atom is 0.344 e. The molecule has 4 heteroatoms. The zero-order valence-corrected chi connectivity index (χ0v) is 11.3. The van der Waals surface area contributed by atoms with Gasteiger partial charge in [-0.25, -0.2) is 4.79 Å². The number of aryl methyl sites for hydroxylation is 1. The predicted octanol–water partition coefficient (Wildman–Crippen LogP) is 2.13. The summed E-state index contributed by atoms with van der Waals surface area (Å²) in [7, 11) is 0. The number of hydrogen-bond acceptors (Lipinski definition) is 4. The van der Waals surface area contributed by atoms with Crippen molar-refractivity contribution < 1.29 is 14.3 Å². The van der Waals surface area contributed by atoms with Gasteiger partial charge in [0.25, 0.3) is 0 Å². The lowest BCUT2D eigenvalue weighted by molar-refractivity contribution is -0.255. The second kappa shape index (κ2) is 4.90. The van der Waals surface area contributed by atoms with Crippen molar-refractivity contribution in [3.8, 4) is 11.1 Å². The van der Waals surface area contributed by atoms with Crippen LogP contribution < -0.4 is 10.7 Å². The highest BCUT2D eigenvalue weighted by molar-refractivity contribution is 5.89. The van der Waals surface area contributed by atoms with Crippen LogP contribution in [0.1, 0.15) is 15.9 Å². The van der Waals surface area contributed by atoms with E-state index >= 15 is 0 Å². The molecule has 3 aromatic rings. The molecular weight excluding hydrogens is 268 g/mol. The Labute approximate surface area is 120 Å². The van der Waals surface area contributed by atoms with Crippen molar-refractivity contribution in [1.29, 1.82) is 0 Å². The molecule has 3 rings (SSSR count). The molecule has 1 aromatic heterocycles. The summed E-state index contributed by atoms with van der Waals surface area (Å²) in [5.41, 5.74) is 1.71. The quantitative estimate of drug-likeness (QED) is 0.674. The van der Waals surface area contributed by atoms with Gasteiger partial charge in [-0.05, 0) is 41.8 Å². The summed E-state index contributed by atoms with van der Waals surface area (Å²) in [4.78, 5) is 23.1. The van der Waals surface area contributed by atoms with E-state index in [1.54, 1.807) is 24.3 Å². The molecule has 0 radical (unpaired) electrons. The van der Waals surface area contributed by atoms with Crippen LogP contribution >= 0.6 is 0 Å². The number of fused-ring (bicyclic) bond motifs is 1. The number of aromatic carboxylic acids is 1. The monoisotopic (exact) mass is 279 g/mol. The molecule has 0 unspecified atom stereocenters. The van der Waals surface area contributed by atoms with Gasteiger partial charge in [0.1, 0.15) is 5.58 Å². The number of para-hydroxylation sites is 1. The largest absolute Gasteiger partial charge is 0.545 e. The fourth-order valence-corrected chi connectivity index (χ4v) is 2.29. The molecule has 0 spiro atoms. The average molecular weight is 279 g/mol. The molecule has 0 aliphatic carbocycles. The zero-order chi connectivity index (χ0) is 15.0. The molecule has 4 nitrogen and oxygen atoms in total. The van der Waals surface area contributed by atoms with Gasteiger partial charge in [-0.15, -0.1) is 0 Å². The molecule has 1 heterocycles. The van der Waals surface area contributed by atoms with Gasteiger partial charge < -0.3 is 14.3 Å². The minimum Gasteiger partial charge on any atom is -0.545 e. The maximum atomic E-state index is 12.1. The smallest absolute Gasteiger partial charge is 0.344 e. The van der Waals surface area contributed by atoms with Crippen LogP contribution in [0.5, 0.6) is 0 Å². The molecule has 21 heavy (non-hydrogen) atoms. The topological polar surface area (TPSA) is 70.3 Å². The number of carboxylic acid groups (broad SMARTS) is 1. The molecule has 0 amide bonds. The van der Waals surface area contributed by atoms with Crippen LogP contribution in [0.3, 0.4) is 0 Å². The minimum atomic E-state index is -1.28. The molecule has 0 atom stereocenters. The summed E-state index contributed by atoms with van der Waals surface area (Å²) in [6, 6.07) is 13.4. The lowest BCUT2D eigenvalue weighted by atomic mass is 9.98. The van der Waals surface area contributed by atoms with Gasteiger partial charge >= 0.3 is 5.63 Å². The van der Waals surface area contributed by atoms with Gasteiger partial charge in [0.05, 0.1) is 11.5 Å². The average Bonchev–Trinajstić information content (AvgIpc) is 2.47. The van der Waals surface area contributed by atoms with Crippen molar-refractivity contribution >= 4 is 16.9 Å². The molecule has 2 aromatic carbocycles. The van der Waals surface area contributed by atoms with Crippen LogP contribution in [0.25, 0.3) is 22.1 Å². The van der Waals surface area contributed by atoms with Crippen LogP contribution in [0.2, 0.25) is 0 Å². The van der Waals surface area contributed by atoms with Gasteiger partial charge in [0, 0.05) is 5.39 Å². The second-order valence-electron chi connectivity index (χ2n) is 4.80. The third kappa shape index (κ3) is 2.31. The summed E-state index contributed by atoms with van der Waals surface area (Å²) in [5.74, 6) is -1.28. The number of benzene rings is 2. The molecule has 0 aliphatic rings. The summed E-state index contributed by atoms with van der Waals surface area (Å²) >= 11 is 0. The highest BCUT2D eigenvalue weighted by Crippen LogP contribution is 2.25. The highest BCUT2D eigenvalue weighted by atomic mass is 16.4. The lowest BCUT2D eigenvalue weighted by Crippen LogP contribution is -2.22. The Morgan fingerprint density at radius 3 is 2.57 bits per heavy atom. The molecule has 0 bridgehead atoms. The van der Waals surface area contributed by atoms with E-state index in [1.807, 2.05) is 19.1 Å². The molecule has 104 valence electrons. The van der Waals surface area contributed by atoms with Crippen molar-refractivity contribution in [3.05, 3.63) is 70.1 Å². The van der Waals surface area contributed by atoms with E-state index in [4.69, 9.17) is 4.42 Å². The molecule has 0 N–H and O–H groups in total. The summed E-state index contributed by atoms with van der Waals surface area (Å²) < 4.78 is 5.28. The van der Waals surface area contributed by atoms with Gasteiger partial charge in [0.2, 0.25) is 0 Å². The zero-order valence-electron chi connectivity index (χ0n) is 11.3. The van der Waals surface area contributed by atoms with E-state index < -0.39 is 11.6 Å². The van der Waals surface area contributed by atoms with Crippen molar-refractivity contribution in [3.63, 3.8) is 0 Å². The number of carbonyl (C=O) groups is 1. The molecule has 0 aliphatic heterocycles. The maximum absolute atomic E-state index is 12.1. The molecule has 0 saturated heterocycles. The normalized spacial score (nSPS) is 10.7. The molecule has 0 fully saturated rings. The molecule has 0 saturated carbocycles. The Kier molecular flexibility index (Phi) is 3.06. The van der Waals surface area contributed by atoms with Crippen LogP contribution in [0, 0.1) is 6.92 Å².